The SMILES string of the molecule is COc1ccc(NC(=O)c2cnc(C3CCCN(C(=O)C(C)(C)C)C3)nc2C)cc1. The number of benzene rings is 1. The van der Waals surface area contributed by atoms with Crippen LogP contribution in [0.4, 0.5) is 5.69 Å². The van der Waals surface area contributed by atoms with Gasteiger partial charge in [0.2, 0.25) is 5.91 Å². The fourth-order valence-corrected chi connectivity index (χ4v) is 3.62. The van der Waals surface area contributed by atoms with Gasteiger partial charge in [0.05, 0.1) is 18.4 Å². The second-order valence-electron chi connectivity index (χ2n) is 8.75. The van der Waals surface area contributed by atoms with Gasteiger partial charge in [-0.05, 0) is 44.0 Å². The van der Waals surface area contributed by atoms with Gasteiger partial charge in [0.25, 0.3) is 5.91 Å². The first-order valence-corrected chi connectivity index (χ1v) is 10.3. The summed E-state index contributed by atoms with van der Waals surface area (Å²) < 4.78 is 5.13. The lowest BCUT2D eigenvalue weighted by molar-refractivity contribution is -0.140. The van der Waals surface area contributed by atoms with Crippen LogP contribution in [-0.4, -0.2) is 46.9 Å². The molecule has 0 bridgehead atoms. The van der Waals surface area contributed by atoms with Crippen LogP contribution >= 0.6 is 0 Å². The molecule has 1 atom stereocenters. The van der Waals surface area contributed by atoms with E-state index in [-0.39, 0.29) is 17.7 Å². The highest BCUT2D eigenvalue weighted by atomic mass is 16.5. The van der Waals surface area contributed by atoms with E-state index in [9.17, 15) is 9.59 Å². The number of methoxy groups -OCH3 is 1. The summed E-state index contributed by atoms with van der Waals surface area (Å²) in [6.45, 7) is 9.03. The lowest BCUT2D eigenvalue weighted by Crippen LogP contribution is -2.44. The molecule has 0 aliphatic carbocycles. The first-order chi connectivity index (χ1) is 14.2. The number of aromatic nitrogens is 2. The summed E-state index contributed by atoms with van der Waals surface area (Å²) in [5.74, 6) is 1.41. The minimum absolute atomic E-state index is 0.0856. The average molecular weight is 411 g/mol. The van der Waals surface area contributed by atoms with E-state index < -0.39 is 5.41 Å². The number of nitrogens with zero attached hydrogens (tertiary/aromatic N) is 3. The summed E-state index contributed by atoms with van der Waals surface area (Å²) in [4.78, 5) is 36.3. The molecule has 1 aliphatic heterocycles. The number of carbonyl (C=O) groups excluding carboxylic acids is 2. The van der Waals surface area contributed by atoms with E-state index in [2.05, 4.69) is 15.3 Å². The first-order valence-electron chi connectivity index (χ1n) is 10.3. The zero-order valence-electron chi connectivity index (χ0n) is 18.4. The van der Waals surface area contributed by atoms with Crippen LogP contribution in [-0.2, 0) is 4.79 Å². The standard InChI is InChI=1S/C23H30N4O3/c1-15-19(21(28)26-17-8-10-18(30-5)11-9-17)13-24-20(25-15)16-7-6-12-27(14-16)22(29)23(2,3)4/h8-11,13,16H,6-7,12,14H2,1-5H3,(H,26,28). The Hall–Kier alpha value is -2.96. The van der Waals surface area contributed by atoms with Crippen LogP contribution in [0.15, 0.2) is 30.5 Å². The number of rotatable bonds is 4. The number of carbonyl (C=O) groups is 2. The van der Waals surface area contributed by atoms with Crippen LogP contribution in [0.25, 0.3) is 0 Å². The summed E-state index contributed by atoms with van der Waals surface area (Å²) in [5.41, 5.74) is 1.34. The molecule has 1 fully saturated rings. The van der Waals surface area contributed by atoms with Crippen molar-refractivity contribution in [3.05, 3.63) is 47.5 Å². The van der Waals surface area contributed by atoms with Gasteiger partial charge in [0.15, 0.2) is 0 Å². The fraction of sp³-hybridized carbons (Fsp3) is 0.478. The maximum atomic E-state index is 12.7. The van der Waals surface area contributed by atoms with Crippen molar-refractivity contribution in [3.8, 4) is 5.75 Å². The topological polar surface area (TPSA) is 84.4 Å². The number of aryl methyl sites for hydroxylation is 1. The fourth-order valence-electron chi connectivity index (χ4n) is 3.62. The van der Waals surface area contributed by atoms with Crippen LogP contribution < -0.4 is 10.1 Å². The zero-order chi connectivity index (χ0) is 21.9. The molecular weight excluding hydrogens is 380 g/mol. The molecule has 0 saturated carbocycles. The monoisotopic (exact) mass is 410 g/mol. The van der Waals surface area contributed by atoms with E-state index in [0.29, 0.717) is 29.3 Å². The molecular formula is C23H30N4O3. The van der Waals surface area contributed by atoms with E-state index in [1.807, 2.05) is 32.6 Å². The highest BCUT2D eigenvalue weighted by molar-refractivity contribution is 6.04. The second kappa shape index (κ2) is 8.81. The Kier molecular flexibility index (Phi) is 6.39. The number of nitrogens with one attached hydrogen (secondary N) is 1. The Balaban J connectivity index is 1.71. The molecule has 1 aromatic heterocycles. The largest absolute Gasteiger partial charge is 0.497 e. The summed E-state index contributed by atoms with van der Waals surface area (Å²) in [6.07, 6.45) is 3.44. The van der Waals surface area contributed by atoms with Crippen molar-refractivity contribution in [2.75, 3.05) is 25.5 Å². The molecule has 0 spiro atoms. The van der Waals surface area contributed by atoms with Crippen molar-refractivity contribution in [3.63, 3.8) is 0 Å². The average Bonchev–Trinajstić information content (AvgIpc) is 2.73. The maximum Gasteiger partial charge on any atom is 0.259 e. The van der Waals surface area contributed by atoms with Gasteiger partial charge in [-0.2, -0.15) is 0 Å². The normalized spacial score (nSPS) is 16.8. The predicted octanol–water partition coefficient (Wildman–Crippen LogP) is 3.80. The molecule has 2 aromatic rings. The number of anilines is 1. The van der Waals surface area contributed by atoms with Gasteiger partial charge < -0.3 is 15.0 Å². The van der Waals surface area contributed by atoms with E-state index in [1.165, 1.54) is 0 Å². The third-order valence-corrected chi connectivity index (χ3v) is 5.31. The number of amides is 2. The van der Waals surface area contributed by atoms with E-state index in [4.69, 9.17) is 4.74 Å². The molecule has 3 rings (SSSR count). The Morgan fingerprint density at radius 1 is 1.20 bits per heavy atom. The molecule has 2 heterocycles. The Labute approximate surface area is 177 Å². The van der Waals surface area contributed by atoms with Crippen molar-refractivity contribution >= 4 is 17.5 Å². The lowest BCUT2D eigenvalue weighted by atomic mass is 9.91. The Bertz CT molecular complexity index is 919. The molecule has 7 heteroatoms. The van der Waals surface area contributed by atoms with Gasteiger partial charge in [0.1, 0.15) is 11.6 Å². The summed E-state index contributed by atoms with van der Waals surface area (Å²) in [5, 5.41) is 2.86. The highest BCUT2D eigenvalue weighted by Gasteiger charge is 2.32. The molecule has 0 radical (unpaired) electrons. The predicted molar refractivity (Wildman–Crippen MR) is 116 cm³/mol. The van der Waals surface area contributed by atoms with E-state index in [1.54, 1.807) is 37.6 Å². The van der Waals surface area contributed by atoms with Crippen LogP contribution in [0.1, 0.15) is 61.4 Å². The first kappa shape index (κ1) is 21.7. The highest BCUT2D eigenvalue weighted by Crippen LogP contribution is 2.28. The number of ether oxygens (including phenoxy) is 1. The zero-order valence-corrected chi connectivity index (χ0v) is 18.4. The van der Waals surface area contributed by atoms with Crippen molar-refractivity contribution in [1.29, 1.82) is 0 Å². The molecule has 1 aliphatic rings. The second-order valence-corrected chi connectivity index (χ2v) is 8.75. The van der Waals surface area contributed by atoms with Crippen LogP contribution in [0.3, 0.4) is 0 Å². The van der Waals surface area contributed by atoms with Gasteiger partial charge in [-0.25, -0.2) is 9.97 Å². The van der Waals surface area contributed by atoms with Crippen LogP contribution in [0, 0.1) is 12.3 Å². The van der Waals surface area contributed by atoms with Gasteiger partial charge >= 0.3 is 0 Å². The molecule has 160 valence electrons. The quantitative estimate of drug-likeness (QED) is 0.829. The van der Waals surface area contributed by atoms with Crippen LogP contribution in [0.2, 0.25) is 0 Å². The summed E-state index contributed by atoms with van der Waals surface area (Å²) >= 11 is 0. The van der Waals surface area contributed by atoms with Crippen molar-refractivity contribution < 1.29 is 14.3 Å². The van der Waals surface area contributed by atoms with E-state index in [0.717, 1.165) is 25.1 Å². The van der Waals surface area contributed by atoms with Crippen molar-refractivity contribution in [1.82, 2.24) is 14.9 Å². The molecule has 1 saturated heterocycles. The van der Waals surface area contributed by atoms with Gasteiger partial charge in [-0.3, -0.25) is 9.59 Å². The molecule has 1 unspecified atom stereocenters. The molecule has 7 nitrogen and oxygen atoms in total. The molecule has 2 amide bonds. The van der Waals surface area contributed by atoms with Gasteiger partial charge in [-0.1, -0.05) is 20.8 Å². The van der Waals surface area contributed by atoms with Crippen LogP contribution in [0.5, 0.6) is 5.75 Å². The van der Waals surface area contributed by atoms with Crippen molar-refractivity contribution in [2.45, 2.75) is 46.5 Å². The van der Waals surface area contributed by atoms with Gasteiger partial charge in [-0.15, -0.1) is 0 Å². The number of piperidine rings is 1. The van der Waals surface area contributed by atoms with Crippen molar-refractivity contribution in [2.24, 2.45) is 5.41 Å². The lowest BCUT2D eigenvalue weighted by Gasteiger charge is -2.36. The number of hydrogen-bond acceptors (Lipinski definition) is 5. The smallest absolute Gasteiger partial charge is 0.259 e. The van der Waals surface area contributed by atoms with Gasteiger partial charge in [0, 0.05) is 36.3 Å². The third kappa shape index (κ3) is 4.96. The molecule has 30 heavy (non-hydrogen) atoms. The Morgan fingerprint density at radius 3 is 2.50 bits per heavy atom. The Morgan fingerprint density at radius 2 is 1.90 bits per heavy atom. The third-order valence-electron chi connectivity index (χ3n) is 5.31. The number of likely N-dealkylation sites (tertiary alicyclic amines) is 1. The maximum absolute atomic E-state index is 12.7. The number of hydrogen-bond donors (Lipinski definition) is 1. The minimum atomic E-state index is -0.401. The van der Waals surface area contributed by atoms with E-state index >= 15 is 0 Å². The summed E-state index contributed by atoms with van der Waals surface area (Å²) in [7, 11) is 1.60. The molecule has 1 N–H and O–H groups in total. The summed E-state index contributed by atoms with van der Waals surface area (Å²) in [6, 6.07) is 7.14. The molecule has 1 aromatic carbocycles. The minimum Gasteiger partial charge on any atom is -0.497 e.